The number of carbonyl (C=O) groups is 1. The number of benzene rings is 2. The van der Waals surface area contributed by atoms with Gasteiger partial charge in [0, 0.05) is 33.8 Å². The Balaban J connectivity index is 2.09. The number of hydrogen-bond acceptors (Lipinski definition) is 5. The number of ether oxygens (including phenoxy) is 2. The molecule has 3 N–H and O–H groups in total. The first-order chi connectivity index (χ1) is 15.5. The van der Waals surface area contributed by atoms with E-state index >= 15 is 0 Å². The van der Waals surface area contributed by atoms with Gasteiger partial charge in [0.05, 0.1) is 19.4 Å². The van der Waals surface area contributed by atoms with Crippen molar-refractivity contribution in [3.8, 4) is 0 Å². The Morgan fingerprint density at radius 2 is 1.85 bits per heavy atom. The zero-order chi connectivity index (χ0) is 24.4. The molecular formula is C21H18Cl2F3N3O4. The number of halogens is 5. The molecular weight excluding hydrogens is 486 g/mol. The number of aliphatic imine (C=N–C) groups is 1. The van der Waals surface area contributed by atoms with Crippen molar-refractivity contribution in [2.45, 2.75) is 18.4 Å². The molecule has 0 radical (unpaired) electrons. The fourth-order valence-electron chi connectivity index (χ4n) is 3.20. The summed E-state index contributed by atoms with van der Waals surface area (Å²) in [6.07, 6.45) is -3.98. The number of hydroxylamine groups is 1. The highest BCUT2D eigenvalue weighted by atomic mass is 35.5. The van der Waals surface area contributed by atoms with Gasteiger partial charge in [-0.15, -0.1) is 0 Å². The molecule has 0 aromatic heterocycles. The van der Waals surface area contributed by atoms with E-state index in [4.69, 9.17) is 38.5 Å². The van der Waals surface area contributed by atoms with Crippen LogP contribution in [0.5, 0.6) is 0 Å². The van der Waals surface area contributed by atoms with Crippen LogP contribution < -0.4 is 11.2 Å². The molecule has 0 saturated heterocycles. The number of amides is 1. The van der Waals surface area contributed by atoms with Gasteiger partial charge in [-0.25, -0.2) is 0 Å². The van der Waals surface area contributed by atoms with E-state index in [1.54, 1.807) is 0 Å². The number of nitrogens with one attached hydrogen (secondary N) is 1. The number of amidine groups is 1. The highest BCUT2D eigenvalue weighted by Gasteiger charge is 2.59. The average Bonchev–Trinajstić information content (AvgIpc) is 3.20. The summed E-state index contributed by atoms with van der Waals surface area (Å²) in [5.41, 5.74) is 5.44. The van der Waals surface area contributed by atoms with E-state index in [-0.39, 0.29) is 39.5 Å². The smallest absolute Gasteiger partial charge is 0.428 e. The van der Waals surface area contributed by atoms with Crippen molar-refractivity contribution < 1.29 is 32.3 Å². The third-order valence-electron chi connectivity index (χ3n) is 4.75. The molecule has 1 heterocycles. The highest BCUT2D eigenvalue weighted by Crippen LogP contribution is 2.48. The summed E-state index contributed by atoms with van der Waals surface area (Å²) < 4.78 is 52.3. The van der Waals surface area contributed by atoms with Gasteiger partial charge in [0.25, 0.3) is 11.9 Å². The maximum Gasteiger partial charge on any atom is 0.428 e. The van der Waals surface area contributed by atoms with Crippen molar-refractivity contribution in [3.63, 3.8) is 0 Å². The molecule has 3 rings (SSSR count). The second-order valence-electron chi connectivity index (χ2n) is 6.92. The first kappa shape index (κ1) is 24.8. The molecule has 0 aliphatic carbocycles. The quantitative estimate of drug-likeness (QED) is 0.458. The fourth-order valence-corrected chi connectivity index (χ4v) is 3.73. The van der Waals surface area contributed by atoms with Crippen molar-refractivity contribution >= 4 is 40.8 Å². The lowest BCUT2D eigenvalue weighted by Crippen LogP contribution is -2.42. The molecule has 7 nitrogen and oxygen atoms in total. The maximum absolute atomic E-state index is 14.2. The molecule has 0 fully saturated rings. The summed E-state index contributed by atoms with van der Waals surface area (Å²) >= 11 is 11.8. The number of nitrogens with zero attached hydrogens (tertiary/aromatic N) is 1. The molecule has 1 amide bonds. The molecule has 1 aliphatic heterocycles. The van der Waals surface area contributed by atoms with Crippen molar-refractivity contribution in [2.75, 3.05) is 14.2 Å². The molecule has 1 unspecified atom stereocenters. The van der Waals surface area contributed by atoms with Crippen molar-refractivity contribution in [3.05, 3.63) is 74.8 Å². The third kappa shape index (κ3) is 5.09. The Kier molecular flexibility index (Phi) is 7.23. The van der Waals surface area contributed by atoms with Crippen LogP contribution in [0, 0.1) is 0 Å². The number of nitrogens with two attached hydrogens (primary N) is 1. The first-order valence-electron chi connectivity index (χ1n) is 9.25. The summed E-state index contributed by atoms with van der Waals surface area (Å²) in [4.78, 5) is 21.1. The number of carbonyl (C=O) groups excluding carboxylic acids is 1. The first-order valence-corrected chi connectivity index (χ1v) is 10.0. The lowest BCUT2D eigenvalue weighted by molar-refractivity contribution is -0.269. The molecule has 1 atom stereocenters. The van der Waals surface area contributed by atoms with Crippen LogP contribution in [0.15, 0.2) is 47.5 Å². The van der Waals surface area contributed by atoms with E-state index in [0.717, 1.165) is 18.2 Å². The van der Waals surface area contributed by atoms with Gasteiger partial charge in [-0.3, -0.25) is 15.1 Å². The molecule has 2 aromatic carbocycles. The second kappa shape index (κ2) is 9.60. The van der Waals surface area contributed by atoms with Crippen molar-refractivity contribution in [2.24, 2.45) is 10.7 Å². The van der Waals surface area contributed by atoms with Gasteiger partial charge in [0.1, 0.15) is 0 Å². The van der Waals surface area contributed by atoms with E-state index < -0.39 is 17.7 Å². The molecule has 1 aliphatic rings. The Morgan fingerprint density at radius 1 is 1.18 bits per heavy atom. The lowest BCUT2D eigenvalue weighted by Gasteiger charge is -2.28. The standard InChI is InChI=1S/C21H18Cl2F3N3O4/c1-31-10-12-5-11(3-4-16(12)18(30)28-19(27)32-2)17-9-20(33-29-17,21(24,25)26)13-6-14(22)8-15(23)7-13/h3-9,29H,10H2,1-2H3,(H2,27,28,30). The van der Waals surface area contributed by atoms with Crippen LogP contribution in [0.25, 0.3) is 5.70 Å². The molecule has 176 valence electrons. The van der Waals surface area contributed by atoms with Gasteiger partial charge >= 0.3 is 6.18 Å². The maximum atomic E-state index is 14.2. The minimum Gasteiger partial charge on any atom is -0.468 e. The number of alkyl halides is 3. The summed E-state index contributed by atoms with van der Waals surface area (Å²) in [5.74, 6) is -0.698. The molecule has 0 saturated carbocycles. The Labute approximate surface area is 196 Å². The predicted octanol–water partition coefficient (Wildman–Crippen LogP) is 4.57. The van der Waals surface area contributed by atoms with Crippen LogP contribution in [0.4, 0.5) is 13.2 Å². The molecule has 0 bridgehead atoms. The zero-order valence-electron chi connectivity index (χ0n) is 17.3. The monoisotopic (exact) mass is 503 g/mol. The average molecular weight is 504 g/mol. The largest absolute Gasteiger partial charge is 0.468 e. The van der Waals surface area contributed by atoms with Gasteiger partial charge in [-0.1, -0.05) is 29.3 Å². The highest BCUT2D eigenvalue weighted by molar-refractivity contribution is 6.34. The van der Waals surface area contributed by atoms with Crippen LogP contribution in [-0.2, 0) is 26.5 Å². The fraction of sp³-hybridized carbons (Fsp3) is 0.238. The Bertz CT molecular complexity index is 1120. The molecule has 12 heteroatoms. The molecule has 33 heavy (non-hydrogen) atoms. The second-order valence-corrected chi connectivity index (χ2v) is 7.79. The van der Waals surface area contributed by atoms with Crippen LogP contribution in [0.2, 0.25) is 10.0 Å². The van der Waals surface area contributed by atoms with E-state index in [2.05, 4.69) is 15.2 Å². The minimum absolute atomic E-state index is 0.0136. The predicted molar refractivity (Wildman–Crippen MR) is 117 cm³/mol. The van der Waals surface area contributed by atoms with E-state index in [1.165, 1.54) is 38.5 Å². The van der Waals surface area contributed by atoms with Gasteiger partial charge in [-0.2, -0.15) is 18.2 Å². The number of methoxy groups -OCH3 is 2. The van der Waals surface area contributed by atoms with E-state index in [9.17, 15) is 18.0 Å². The summed E-state index contributed by atoms with van der Waals surface area (Å²) in [5, 5.41) is 0.0421. The van der Waals surface area contributed by atoms with Gasteiger partial charge in [-0.05, 0) is 42.0 Å². The summed E-state index contributed by atoms with van der Waals surface area (Å²) in [7, 11) is 2.66. The van der Waals surface area contributed by atoms with Gasteiger partial charge < -0.3 is 15.2 Å². The Hall–Kier alpha value is -2.79. The SMILES string of the molecule is COCc1cc(C2=CC(c3cc(Cl)cc(Cl)c3)(C(F)(F)F)ON2)ccc1C(=O)N=C(N)OC. The van der Waals surface area contributed by atoms with Crippen LogP contribution in [0.1, 0.15) is 27.0 Å². The zero-order valence-corrected chi connectivity index (χ0v) is 18.8. The number of hydrogen-bond donors (Lipinski definition) is 2. The third-order valence-corrected chi connectivity index (χ3v) is 5.19. The van der Waals surface area contributed by atoms with E-state index in [1.807, 2.05) is 0 Å². The van der Waals surface area contributed by atoms with Crippen molar-refractivity contribution in [1.82, 2.24) is 5.48 Å². The van der Waals surface area contributed by atoms with Gasteiger partial charge in [0.15, 0.2) is 0 Å². The summed E-state index contributed by atoms with van der Waals surface area (Å²) in [6, 6.07) is 7.53. The molecule has 0 spiro atoms. The van der Waals surface area contributed by atoms with Gasteiger partial charge in [0.2, 0.25) is 5.60 Å². The topological polar surface area (TPSA) is 95.2 Å². The summed E-state index contributed by atoms with van der Waals surface area (Å²) in [6.45, 7) is -0.0141. The van der Waals surface area contributed by atoms with Crippen LogP contribution in [0.3, 0.4) is 0 Å². The van der Waals surface area contributed by atoms with Crippen LogP contribution >= 0.6 is 23.2 Å². The van der Waals surface area contributed by atoms with E-state index in [0.29, 0.717) is 11.1 Å². The van der Waals surface area contributed by atoms with Crippen LogP contribution in [-0.4, -0.2) is 32.3 Å². The lowest BCUT2D eigenvalue weighted by atomic mass is 9.91. The minimum atomic E-state index is -4.85. The molecule has 2 aromatic rings. The Morgan fingerprint density at radius 3 is 2.42 bits per heavy atom. The number of rotatable bonds is 5. The van der Waals surface area contributed by atoms with Crippen molar-refractivity contribution in [1.29, 1.82) is 0 Å². The normalized spacial score (nSPS) is 18.6.